The number of anilines is 1. The molecule has 172 valence electrons. The lowest BCUT2D eigenvalue weighted by Gasteiger charge is -2.14. The number of halogens is 2. The average molecular weight is 508 g/mol. The first kappa shape index (κ1) is 24.2. The Labute approximate surface area is 214 Å². The molecule has 4 rings (SSSR count). The second-order valence-corrected chi connectivity index (χ2v) is 9.79. The molecule has 0 fully saturated rings. The number of ether oxygens (including phenoxy) is 1. The van der Waals surface area contributed by atoms with Crippen molar-refractivity contribution in [3.05, 3.63) is 107 Å². The molecule has 1 N–H and O–H groups in total. The molecular formula is C28H23Cl2NO2S. The van der Waals surface area contributed by atoms with Crippen LogP contribution in [0.1, 0.15) is 12.5 Å². The number of hydrogen-bond acceptors (Lipinski definition) is 3. The van der Waals surface area contributed by atoms with E-state index >= 15 is 0 Å². The van der Waals surface area contributed by atoms with Crippen LogP contribution in [0, 0.1) is 0 Å². The molecule has 6 heteroatoms. The summed E-state index contributed by atoms with van der Waals surface area (Å²) in [5, 5.41) is 4.25. The minimum Gasteiger partial charge on any atom is -0.457 e. The number of nitrogens with one attached hydrogen (secondary N) is 1. The Morgan fingerprint density at radius 2 is 1.65 bits per heavy atom. The molecule has 0 heterocycles. The molecule has 4 aromatic rings. The third kappa shape index (κ3) is 6.57. The Morgan fingerprint density at radius 3 is 2.35 bits per heavy atom. The van der Waals surface area contributed by atoms with Crippen LogP contribution >= 0.6 is 35.0 Å². The molecule has 0 spiro atoms. The van der Waals surface area contributed by atoms with Crippen molar-refractivity contribution in [2.45, 2.75) is 18.2 Å². The van der Waals surface area contributed by atoms with Crippen molar-refractivity contribution in [3.8, 4) is 22.6 Å². The fourth-order valence-electron chi connectivity index (χ4n) is 3.47. The summed E-state index contributed by atoms with van der Waals surface area (Å²) in [5.74, 6) is 2.17. The topological polar surface area (TPSA) is 38.3 Å². The minimum absolute atomic E-state index is 0.0937. The number of rotatable bonds is 8. The molecule has 4 aromatic carbocycles. The van der Waals surface area contributed by atoms with Crippen molar-refractivity contribution in [2.24, 2.45) is 0 Å². The van der Waals surface area contributed by atoms with E-state index in [0.29, 0.717) is 33.7 Å². The van der Waals surface area contributed by atoms with Gasteiger partial charge in [0.25, 0.3) is 0 Å². The van der Waals surface area contributed by atoms with Gasteiger partial charge < -0.3 is 10.1 Å². The molecule has 0 saturated heterocycles. The van der Waals surface area contributed by atoms with Crippen molar-refractivity contribution in [1.82, 2.24) is 0 Å². The van der Waals surface area contributed by atoms with E-state index in [1.807, 2.05) is 54.6 Å². The van der Waals surface area contributed by atoms with Crippen LogP contribution in [0.25, 0.3) is 11.1 Å². The Hall–Kier alpha value is -2.92. The molecule has 0 atom stereocenters. The van der Waals surface area contributed by atoms with Gasteiger partial charge in [0.15, 0.2) is 0 Å². The smallest absolute Gasteiger partial charge is 0.228 e. The van der Waals surface area contributed by atoms with E-state index in [-0.39, 0.29) is 5.91 Å². The number of carbonyl (C=O) groups excluding carboxylic acids is 1. The summed E-state index contributed by atoms with van der Waals surface area (Å²) in [4.78, 5) is 13.9. The third-order valence-corrected chi connectivity index (χ3v) is 6.42. The standard InChI is InChI=1S/C28H23Cl2NO2S/c1-2-34-25-13-6-19(7-14-25)16-28(32)31-23-10-15-26(20-4-3-5-22(30)17-20)27(18-23)33-24-11-8-21(29)9-12-24/h3-15,17-18H,2,16H2,1H3,(H,31,32). The van der Waals surface area contributed by atoms with E-state index in [9.17, 15) is 4.79 Å². The fourth-order valence-corrected chi connectivity index (χ4v) is 4.45. The molecule has 3 nitrogen and oxygen atoms in total. The Kier molecular flexibility index (Phi) is 8.17. The van der Waals surface area contributed by atoms with Crippen LogP contribution in [0.3, 0.4) is 0 Å². The van der Waals surface area contributed by atoms with Crippen LogP contribution in [-0.2, 0) is 11.2 Å². The molecule has 34 heavy (non-hydrogen) atoms. The monoisotopic (exact) mass is 507 g/mol. The summed E-state index contributed by atoms with van der Waals surface area (Å²) >= 11 is 14.0. The van der Waals surface area contributed by atoms with Crippen LogP contribution < -0.4 is 10.1 Å². The summed E-state index contributed by atoms with van der Waals surface area (Å²) in [6.45, 7) is 2.12. The third-order valence-electron chi connectivity index (χ3n) is 5.04. The van der Waals surface area contributed by atoms with Gasteiger partial charge in [-0.15, -0.1) is 11.8 Å². The maximum atomic E-state index is 12.7. The Balaban J connectivity index is 1.56. The minimum atomic E-state index is -0.0937. The van der Waals surface area contributed by atoms with Gasteiger partial charge in [0, 0.05) is 32.3 Å². The Morgan fingerprint density at radius 1 is 0.882 bits per heavy atom. The second kappa shape index (κ2) is 11.5. The normalized spacial score (nSPS) is 10.7. The predicted molar refractivity (Wildman–Crippen MR) is 144 cm³/mol. The highest BCUT2D eigenvalue weighted by atomic mass is 35.5. The molecule has 0 radical (unpaired) electrons. The number of benzene rings is 4. The van der Waals surface area contributed by atoms with Crippen molar-refractivity contribution in [2.75, 3.05) is 11.1 Å². The molecule has 0 aliphatic rings. The van der Waals surface area contributed by atoms with Crippen LogP contribution in [0.5, 0.6) is 11.5 Å². The zero-order valence-electron chi connectivity index (χ0n) is 18.6. The van der Waals surface area contributed by atoms with Crippen LogP contribution in [0.2, 0.25) is 10.0 Å². The summed E-state index contributed by atoms with van der Waals surface area (Å²) in [6.07, 6.45) is 0.292. The van der Waals surface area contributed by atoms with Gasteiger partial charge in [-0.05, 0) is 77.5 Å². The van der Waals surface area contributed by atoms with Gasteiger partial charge in [0.1, 0.15) is 11.5 Å². The van der Waals surface area contributed by atoms with Crippen molar-refractivity contribution < 1.29 is 9.53 Å². The van der Waals surface area contributed by atoms with E-state index in [0.717, 1.165) is 22.4 Å². The fraction of sp³-hybridized carbons (Fsp3) is 0.107. The largest absolute Gasteiger partial charge is 0.457 e. The van der Waals surface area contributed by atoms with Crippen molar-refractivity contribution in [3.63, 3.8) is 0 Å². The van der Waals surface area contributed by atoms with E-state index < -0.39 is 0 Å². The highest BCUT2D eigenvalue weighted by Gasteiger charge is 2.12. The summed E-state index contributed by atoms with van der Waals surface area (Å²) in [7, 11) is 0. The Bertz CT molecular complexity index is 1270. The zero-order chi connectivity index (χ0) is 23.9. The van der Waals surface area contributed by atoms with Gasteiger partial charge in [0.2, 0.25) is 5.91 Å². The molecule has 0 bridgehead atoms. The lowest BCUT2D eigenvalue weighted by Crippen LogP contribution is -2.14. The first-order valence-corrected chi connectivity index (χ1v) is 12.6. The highest BCUT2D eigenvalue weighted by Crippen LogP contribution is 2.37. The first-order valence-electron chi connectivity index (χ1n) is 10.8. The molecule has 0 aliphatic heterocycles. The van der Waals surface area contributed by atoms with E-state index in [2.05, 4.69) is 24.4 Å². The van der Waals surface area contributed by atoms with Gasteiger partial charge in [0.05, 0.1) is 6.42 Å². The van der Waals surface area contributed by atoms with Crippen molar-refractivity contribution >= 4 is 46.6 Å². The van der Waals surface area contributed by atoms with Gasteiger partial charge in [-0.25, -0.2) is 0 Å². The molecule has 0 saturated carbocycles. The lowest BCUT2D eigenvalue weighted by atomic mass is 10.0. The summed E-state index contributed by atoms with van der Waals surface area (Å²) < 4.78 is 6.18. The number of carbonyl (C=O) groups is 1. The van der Waals surface area contributed by atoms with Crippen LogP contribution in [0.4, 0.5) is 5.69 Å². The van der Waals surface area contributed by atoms with E-state index in [4.69, 9.17) is 27.9 Å². The number of amides is 1. The lowest BCUT2D eigenvalue weighted by molar-refractivity contribution is -0.115. The van der Waals surface area contributed by atoms with E-state index in [1.165, 1.54) is 4.90 Å². The zero-order valence-corrected chi connectivity index (χ0v) is 20.9. The van der Waals surface area contributed by atoms with E-state index in [1.54, 1.807) is 36.0 Å². The maximum Gasteiger partial charge on any atom is 0.228 e. The van der Waals surface area contributed by atoms with Crippen LogP contribution in [0.15, 0.2) is 95.9 Å². The SMILES string of the molecule is CCSc1ccc(CC(=O)Nc2ccc(-c3cccc(Cl)c3)c(Oc3ccc(Cl)cc3)c2)cc1. The van der Waals surface area contributed by atoms with Crippen molar-refractivity contribution in [1.29, 1.82) is 0 Å². The van der Waals surface area contributed by atoms with Gasteiger partial charge in [-0.2, -0.15) is 0 Å². The predicted octanol–water partition coefficient (Wildman–Crippen LogP) is 8.75. The van der Waals surface area contributed by atoms with Gasteiger partial charge in [-0.3, -0.25) is 4.79 Å². The van der Waals surface area contributed by atoms with Gasteiger partial charge >= 0.3 is 0 Å². The maximum absolute atomic E-state index is 12.7. The number of thioether (sulfide) groups is 1. The number of hydrogen-bond donors (Lipinski definition) is 1. The summed E-state index contributed by atoms with van der Waals surface area (Å²) in [5.41, 5.74) is 3.39. The molecule has 0 aliphatic carbocycles. The van der Waals surface area contributed by atoms with Gasteiger partial charge in [-0.1, -0.05) is 54.4 Å². The average Bonchev–Trinajstić information content (AvgIpc) is 2.82. The second-order valence-electron chi connectivity index (χ2n) is 7.58. The quantitative estimate of drug-likeness (QED) is 0.242. The molecule has 1 amide bonds. The molecule has 0 unspecified atom stereocenters. The van der Waals surface area contributed by atoms with Crippen LogP contribution in [-0.4, -0.2) is 11.7 Å². The first-order chi connectivity index (χ1) is 16.5. The summed E-state index contributed by atoms with van der Waals surface area (Å²) in [6, 6.07) is 28.4. The highest BCUT2D eigenvalue weighted by molar-refractivity contribution is 7.99. The molecule has 0 aromatic heterocycles. The molecular weight excluding hydrogens is 485 g/mol.